The lowest BCUT2D eigenvalue weighted by Crippen LogP contribution is -2.27. The fourth-order valence-electron chi connectivity index (χ4n) is 2.64. The van der Waals surface area contributed by atoms with Crippen LogP contribution in [0.2, 0.25) is 5.02 Å². The van der Waals surface area contributed by atoms with Crippen molar-refractivity contribution >= 4 is 29.8 Å². The average molecular weight is 309 g/mol. The highest BCUT2D eigenvalue weighted by Crippen LogP contribution is 2.45. The monoisotopic (exact) mass is 308 g/mol. The Morgan fingerprint density at radius 1 is 1.37 bits per heavy atom. The van der Waals surface area contributed by atoms with E-state index in [0.717, 1.165) is 5.56 Å². The molecule has 0 saturated heterocycles. The first kappa shape index (κ1) is 16.2. The van der Waals surface area contributed by atoms with Gasteiger partial charge in [-0.05, 0) is 30.0 Å². The first-order valence-electron chi connectivity index (χ1n) is 5.86. The van der Waals surface area contributed by atoms with Gasteiger partial charge in [0.1, 0.15) is 0 Å². The zero-order chi connectivity index (χ0) is 13.3. The highest BCUT2D eigenvalue weighted by molar-refractivity contribution is 6.30. The Morgan fingerprint density at radius 2 is 1.95 bits per heavy atom. The molecule has 2 atom stereocenters. The molecular formula is C13H16Cl2F2N2. The van der Waals surface area contributed by atoms with Crippen molar-refractivity contribution in [3.63, 3.8) is 0 Å². The van der Waals surface area contributed by atoms with Crippen molar-refractivity contribution < 1.29 is 8.78 Å². The Hall–Kier alpha value is -0.870. The smallest absolute Gasteiger partial charge is 0.248 e. The van der Waals surface area contributed by atoms with Crippen molar-refractivity contribution in [1.29, 1.82) is 5.41 Å². The summed E-state index contributed by atoms with van der Waals surface area (Å²) in [6, 6.07) is 6.90. The van der Waals surface area contributed by atoms with Crippen molar-refractivity contribution in [3.05, 3.63) is 34.9 Å². The Kier molecular flexibility index (Phi) is 5.16. The predicted molar refractivity (Wildman–Crippen MR) is 75.6 cm³/mol. The van der Waals surface area contributed by atoms with Crippen LogP contribution in [0.1, 0.15) is 30.7 Å². The van der Waals surface area contributed by atoms with Crippen LogP contribution in [-0.4, -0.2) is 11.8 Å². The number of halogens is 4. The Labute approximate surface area is 122 Å². The lowest BCUT2D eigenvalue weighted by molar-refractivity contribution is 0.00469. The molecule has 1 aliphatic rings. The van der Waals surface area contributed by atoms with Gasteiger partial charge in [-0.25, -0.2) is 8.78 Å². The van der Waals surface area contributed by atoms with Gasteiger partial charge in [-0.2, -0.15) is 0 Å². The normalized spacial score (nSPS) is 22.6. The van der Waals surface area contributed by atoms with Gasteiger partial charge in [0.05, 0.1) is 5.84 Å². The summed E-state index contributed by atoms with van der Waals surface area (Å²) in [6.45, 7) is 0. The molecular weight excluding hydrogens is 293 g/mol. The van der Waals surface area contributed by atoms with E-state index >= 15 is 0 Å². The molecule has 0 aliphatic heterocycles. The maximum Gasteiger partial charge on any atom is 0.248 e. The zero-order valence-corrected chi connectivity index (χ0v) is 11.8. The summed E-state index contributed by atoms with van der Waals surface area (Å²) in [7, 11) is 0. The predicted octanol–water partition coefficient (Wildman–Crippen LogP) is 4.22. The van der Waals surface area contributed by atoms with Crippen LogP contribution in [0.25, 0.3) is 0 Å². The molecule has 2 unspecified atom stereocenters. The van der Waals surface area contributed by atoms with E-state index in [9.17, 15) is 8.78 Å². The molecule has 2 nitrogen and oxygen atoms in total. The molecule has 2 rings (SSSR count). The number of alkyl halides is 2. The maximum absolute atomic E-state index is 13.3. The van der Waals surface area contributed by atoms with E-state index in [1.807, 2.05) is 0 Å². The van der Waals surface area contributed by atoms with Gasteiger partial charge in [0.2, 0.25) is 5.92 Å². The van der Waals surface area contributed by atoms with Crippen LogP contribution >= 0.6 is 24.0 Å². The lowest BCUT2D eigenvalue weighted by atomic mass is 9.84. The van der Waals surface area contributed by atoms with E-state index in [4.69, 9.17) is 22.7 Å². The lowest BCUT2D eigenvalue weighted by Gasteiger charge is -2.22. The van der Waals surface area contributed by atoms with Crippen LogP contribution in [-0.2, 0) is 0 Å². The van der Waals surface area contributed by atoms with Crippen LogP contribution < -0.4 is 5.73 Å². The maximum atomic E-state index is 13.3. The molecule has 106 valence electrons. The van der Waals surface area contributed by atoms with E-state index in [2.05, 4.69) is 0 Å². The standard InChI is InChI=1S/C13H15ClF2N2.ClH/c14-10-3-1-8(2-4-10)11(12(17)18)9-5-6-13(15,16)7-9;/h1-4,9,11H,5-7H2,(H3,17,18);1H. The number of rotatable bonds is 3. The molecule has 19 heavy (non-hydrogen) atoms. The Balaban J connectivity index is 0.00000180. The van der Waals surface area contributed by atoms with Crippen LogP contribution in [0.5, 0.6) is 0 Å². The van der Waals surface area contributed by atoms with Gasteiger partial charge in [-0.3, -0.25) is 5.41 Å². The van der Waals surface area contributed by atoms with E-state index in [0.29, 0.717) is 11.4 Å². The van der Waals surface area contributed by atoms with E-state index in [-0.39, 0.29) is 37.0 Å². The highest BCUT2D eigenvalue weighted by atomic mass is 35.5. The minimum atomic E-state index is -2.62. The molecule has 0 aromatic heterocycles. The van der Waals surface area contributed by atoms with Crippen LogP contribution in [0.3, 0.4) is 0 Å². The van der Waals surface area contributed by atoms with Crippen molar-refractivity contribution in [3.8, 4) is 0 Å². The molecule has 3 N–H and O–H groups in total. The molecule has 0 radical (unpaired) electrons. The number of benzene rings is 1. The minimum Gasteiger partial charge on any atom is -0.387 e. The van der Waals surface area contributed by atoms with E-state index in [1.54, 1.807) is 24.3 Å². The molecule has 1 fully saturated rings. The average Bonchev–Trinajstić information content (AvgIpc) is 2.61. The van der Waals surface area contributed by atoms with Crippen molar-refractivity contribution in [1.82, 2.24) is 0 Å². The second kappa shape index (κ2) is 6.06. The Morgan fingerprint density at radius 3 is 2.37 bits per heavy atom. The summed E-state index contributed by atoms with van der Waals surface area (Å²) in [6.07, 6.45) is 0.0920. The minimum absolute atomic E-state index is 0. The largest absolute Gasteiger partial charge is 0.387 e. The molecule has 0 heterocycles. The Bertz CT molecular complexity index is 448. The summed E-state index contributed by atoms with van der Waals surface area (Å²) in [5.41, 5.74) is 6.37. The first-order chi connectivity index (χ1) is 8.39. The van der Waals surface area contributed by atoms with Gasteiger partial charge in [-0.15, -0.1) is 12.4 Å². The third-order valence-corrected chi connectivity index (χ3v) is 3.73. The van der Waals surface area contributed by atoms with Gasteiger partial charge in [0.15, 0.2) is 0 Å². The van der Waals surface area contributed by atoms with Crippen LogP contribution in [0.4, 0.5) is 8.78 Å². The number of hydrogen-bond donors (Lipinski definition) is 2. The fourth-order valence-corrected chi connectivity index (χ4v) is 2.77. The zero-order valence-electron chi connectivity index (χ0n) is 10.2. The fraction of sp³-hybridized carbons (Fsp3) is 0.462. The third-order valence-electron chi connectivity index (χ3n) is 3.48. The van der Waals surface area contributed by atoms with Gasteiger partial charge in [-0.1, -0.05) is 23.7 Å². The first-order valence-corrected chi connectivity index (χ1v) is 6.24. The van der Waals surface area contributed by atoms with E-state index < -0.39 is 11.8 Å². The number of nitrogens with one attached hydrogen (secondary N) is 1. The number of hydrogen-bond acceptors (Lipinski definition) is 1. The van der Waals surface area contributed by atoms with Crippen molar-refractivity contribution in [2.75, 3.05) is 0 Å². The second-order valence-corrected chi connectivity index (χ2v) is 5.28. The van der Waals surface area contributed by atoms with Crippen molar-refractivity contribution in [2.24, 2.45) is 11.7 Å². The summed E-state index contributed by atoms with van der Waals surface area (Å²) < 4.78 is 26.5. The van der Waals surface area contributed by atoms with Gasteiger partial charge in [0.25, 0.3) is 0 Å². The van der Waals surface area contributed by atoms with Crippen molar-refractivity contribution in [2.45, 2.75) is 31.1 Å². The third kappa shape index (κ3) is 3.80. The highest BCUT2D eigenvalue weighted by Gasteiger charge is 2.43. The van der Waals surface area contributed by atoms with Gasteiger partial charge in [0, 0.05) is 23.8 Å². The molecule has 1 aromatic rings. The molecule has 0 amide bonds. The molecule has 6 heteroatoms. The summed E-state index contributed by atoms with van der Waals surface area (Å²) in [5, 5.41) is 8.22. The molecule has 0 bridgehead atoms. The number of amidine groups is 1. The van der Waals surface area contributed by atoms with E-state index in [1.165, 1.54) is 0 Å². The molecule has 1 aromatic carbocycles. The number of nitrogens with two attached hydrogens (primary N) is 1. The topological polar surface area (TPSA) is 49.9 Å². The van der Waals surface area contributed by atoms with Gasteiger partial charge >= 0.3 is 0 Å². The summed E-state index contributed by atoms with van der Waals surface area (Å²) in [5.74, 6) is -3.38. The molecule has 0 spiro atoms. The quantitative estimate of drug-likeness (QED) is 0.637. The molecule has 1 aliphatic carbocycles. The van der Waals surface area contributed by atoms with Gasteiger partial charge < -0.3 is 5.73 Å². The van der Waals surface area contributed by atoms with Crippen LogP contribution in [0.15, 0.2) is 24.3 Å². The summed E-state index contributed by atoms with van der Waals surface area (Å²) >= 11 is 5.80. The SMILES string of the molecule is Cl.N=C(N)C(c1ccc(Cl)cc1)C1CCC(F)(F)C1. The molecule has 1 saturated carbocycles. The second-order valence-electron chi connectivity index (χ2n) is 4.84. The summed E-state index contributed by atoms with van der Waals surface area (Å²) in [4.78, 5) is 0. The van der Waals surface area contributed by atoms with Crippen LogP contribution in [0, 0.1) is 11.3 Å².